The van der Waals surface area contributed by atoms with E-state index >= 15 is 0 Å². The van der Waals surface area contributed by atoms with Crippen molar-refractivity contribution in [3.8, 4) is 0 Å². The van der Waals surface area contributed by atoms with E-state index in [9.17, 15) is 0 Å². The normalized spacial score (nSPS) is 11.2. The predicted molar refractivity (Wildman–Crippen MR) is 62.5 cm³/mol. The van der Waals surface area contributed by atoms with Crippen molar-refractivity contribution in [3.05, 3.63) is 12.2 Å². The number of allylic oxidation sites excluding steroid dienone is 2. The van der Waals surface area contributed by atoms with Crippen molar-refractivity contribution in [1.29, 1.82) is 0 Å². The van der Waals surface area contributed by atoms with E-state index in [0.29, 0.717) is 0 Å². The van der Waals surface area contributed by atoms with Crippen LogP contribution < -0.4 is 0 Å². The van der Waals surface area contributed by atoms with E-state index in [-0.39, 0.29) is 0 Å². The van der Waals surface area contributed by atoms with Crippen LogP contribution in [0, 0.1) is 0 Å². The van der Waals surface area contributed by atoms with Gasteiger partial charge in [0.1, 0.15) is 0 Å². The molecule has 13 heavy (non-hydrogen) atoms. The van der Waals surface area contributed by atoms with Crippen LogP contribution in [0.5, 0.6) is 0 Å². The molecule has 0 atom stereocenters. The molecule has 0 aliphatic rings. The molecule has 0 radical (unpaired) electrons. The summed E-state index contributed by atoms with van der Waals surface area (Å²) in [6.07, 6.45) is 15.0. The topological polar surface area (TPSA) is 0 Å². The molecule has 0 aliphatic heterocycles. The van der Waals surface area contributed by atoms with Gasteiger partial charge in [-0.2, -0.15) is 0 Å². The van der Waals surface area contributed by atoms with E-state index in [0.717, 1.165) is 12.3 Å². The average Bonchev–Trinajstić information content (AvgIpc) is 2.16. The molecule has 0 saturated carbocycles. The minimum atomic E-state index is 0.757. The third kappa shape index (κ3) is 12.0. The molecule has 0 unspecified atom stereocenters. The van der Waals surface area contributed by atoms with E-state index in [1.165, 1.54) is 44.9 Å². The van der Waals surface area contributed by atoms with E-state index in [1.807, 2.05) is 0 Å². The van der Waals surface area contributed by atoms with Crippen LogP contribution in [-0.4, -0.2) is 5.88 Å². The molecule has 0 fully saturated rings. The summed E-state index contributed by atoms with van der Waals surface area (Å²) >= 11 is 5.55. The lowest BCUT2D eigenvalue weighted by molar-refractivity contribution is 0.611. The van der Waals surface area contributed by atoms with Gasteiger partial charge >= 0.3 is 0 Å². The molecule has 0 bridgehead atoms. The molecule has 0 aromatic carbocycles. The van der Waals surface area contributed by atoms with Crippen molar-refractivity contribution in [2.45, 2.75) is 58.3 Å². The Kier molecular flexibility index (Phi) is 12.1. The second kappa shape index (κ2) is 12.0. The Morgan fingerprint density at radius 2 is 1.46 bits per heavy atom. The zero-order valence-electron chi connectivity index (χ0n) is 8.90. The van der Waals surface area contributed by atoms with Gasteiger partial charge in [0.05, 0.1) is 0 Å². The summed E-state index contributed by atoms with van der Waals surface area (Å²) in [7, 11) is 0. The minimum absolute atomic E-state index is 0.757. The van der Waals surface area contributed by atoms with Crippen LogP contribution in [0.2, 0.25) is 0 Å². The lowest BCUT2D eigenvalue weighted by atomic mass is 10.1. The van der Waals surface area contributed by atoms with Crippen molar-refractivity contribution < 1.29 is 0 Å². The van der Waals surface area contributed by atoms with Crippen molar-refractivity contribution in [1.82, 2.24) is 0 Å². The number of rotatable bonds is 9. The summed E-state index contributed by atoms with van der Waals surface area (Å²) in [4.78, 5) is 0. The van der Waals surface area contributed by atoms with Gasteiger partial charge in [-0.15, -0.1) is 11.6 Å². The molecular formula is C12H23Cl. The molecule has 1 heteroatoms. The predicted octanol–water partition coefficient (Wildman–Crippen LogP) is 4.92. The molecule has 0 saturated heterocycles. The van der Waals surface area contributed by atoms with E-state index in [1.54, 1.807) is 0 Å². The second-order valence-electron chi connectivity index (χ2n) is 3.51. The molecule has 0 heterocycles. The third-order valence-electron chi connectivity index (χ3n) is 2.17. The molecule has 0 aromatic heterocycles. The molecule has 0 rings (SSSR count). The highest BCUT2D eigenvalue weighted by atomic mass is 35.5. The molecule has 78 valence electrons. The van der Waals surface area contributed by atoms with Crippen LogP contribution in [-0.2, 0) is 0 Å². The summed E-state index contributed by atoms with van der Waals surface area (Å²) < 4.78 is 0. The van der Waals surface area contributed by atoms with Gasteiger partial charge in [-0.25, -0.2) is 0 Å². The van der Waals surface area contributed by atoms with Gasteiger partial charge in [0.25, 0.3) is 0 Å². The van der Waals surface area contributed by atoms with E-state index in [4.69, 9.17) is 11.6 Å². The lowest BCUT2D eigenvalue weighted by Crippen LogP contribution is -1.77. The van der Waals surface area contributed by atoms with Gasteiger partial charge in [0.15, 0.2) is 0 Å². The maximum atomic E-state index is 5.55. The lowest BCUT2D eigenvalue weighted by Gasteiger charge is -1.97. The Hall–Kier alpha value is 0.0300. The first-order valence-electron chi connectivity index (χ1n) is 5.62. The van der Waals surface area contributed by atoms with Gasteiger partial charge in [-0.05, 0) is 19.3 Å². The maximum Gasteiger partial charge on any atom is 0.0257 e. The van der Waals surface area contributed by atoms with Crippen molar-refractivity contribution in [2.24, 2.45) is 0 Å². The summed E-state index contributed by atoms with van der Waals surface area (Å²) in [5.41, 5.74) is 0. The molecule has 0 aliphatic carbocycles. The fourth-order valence-corrected chi connectivity index (χ4v) is 1.47. The standard InChI is InChI=1S/C12H23Cl/c1-2-3-4-5-6-7-8-9-10-11-12-13/h9-10H,2-8,11-12H2,1H3. The van der Waals surface area contributed by atoms with Crippen LogP contribution in [0.15, 0.2) is 12.2 Å². The Balaban J connectivity index is 2.91. The number of unbranched alkanes of at least 4 members (excludes halogenated alkanes) is 6. The fourth-order valence-electron chi connectivity index (χ4n) is 1.34. The number of halogens is 1. The smallest absolute Gasteiger partial charge is 0.0257 e. The monoisotopic (exact) mass is 202 g/mol. The highest BCUT2D eigenvalue weighted by Gasteiger charge is 1.87. The zero-order chi connectivity index (χ0) is 9.78. The number of alkyl halides is 1. The quantitative estimate of drug-likeness (QED) is 0.283. The largest absolute Gasteiger partial charge is 0.126 e. The van der Waals surface area contributed by atoms with Crippen molar-refractivity contribution in [3.63, 3.8) is 0 Å². The van der Waals surface area contributed by atoms with Crippen LogP contribution in [0.25, 0.3) is 0 Å². The summed E-state index contributed by atoms with van der Waals surface area (Å²) in [6, 6.07) is 0. The van der Waals surface area contributed by atoms with Crippen LogP contribution >= 0.6 is 11.6 Å². The highest BCUT2D eigenvalue weighted by molar-refractivity contribution is 6.17. The van der Waals surface area contributed by atoms with E-state index < -0.39 is 0 Å². The molecule has 0 N–H and O–H groups in total. The molecule has 0 spiro atoms. The zero-order valence-corrected chi connectivity index (χ0v) is 9.65. The Labute approximate surface area is 88.4 Å². The van der Waals surface area contributed by atoms with E-state index in [2.05, 4.69) is 19.1 Å². The van der Waals surface area contributed by atoms with Gasteiger partial charge in [0, 0.05) is 5.88 Å². The van der Waals surface area contributed by atoms with Crippen molar-refractivity contribution in [2.75, 3.05) is 5.88 Å². The number of hydrogen-bond acceptors (Lipinski definition) is 0. The first kappa shape index (κ1) is 13.0. The van der Waals surface area contributed by atoms with Gasteiger partial charge in [0.2, 0.25) is 0 Å². The van der Waals surface area contributed by atoms with Crippen LogP contribution in [0.1, 0.15) is 58.3 Å². The molecule has 0 nitrogen and oxygen atoms in total. The maximum absolute atomic E-state index is 5.55. The minimum Gasteiger partial charge on any atom is -0.126 e. The molecule has 0 aromatic rings. The summed E-state index contributed by atoms with van der Waals surface area (Å²) in [5, 5.41) is 0. The second-order valence-corrected chi connectivity index (χ2v) is 3.88. The first-order valence-corrected chi connectivity index (χ1v) is 6.16. The van der Waals surface area contributed by atoms with Gasteiger partial charge in [-0.1, -0.05) is 51.2 Å². The third-order valence-corrected chi connectivity index (χ3v) is 2.39. The van der Waals surface area contributed by atoms with Crippen molar-refractivity contribution >= 4 is 11.6 Å². The Morgan fingerprint density at radius 3 is 2.15 bits per heavy atom. The van der Waals surface area contributed by atoms with Gasteiger partial charge in [-0.3, -0.25) is 0 Å². The highest BCUT2D eigenvalue weighted by Crippen LogP contribution is 2.07. The average molecular weight is 203 g/mol. The molecular weight excluding hydrogens is 180 g/mol. The summed E-state index contributed by atoms with van der Waals surface area (Å²) in [5.74, 6) is 0.757. The van der Waals surface area contributed by atoms with Crippen LogP contribution in [0.4, 0.5) is 0 Å². The molecule has 0 amide bonds. The summed E-state index contributed by atoms with van der Waals surface area (Å²) in [6.45, 7) is 2.26. The van der Waals surface area contributed by atoms with Crippen LogP contribution in [0.3, 0.4) is 0 Å². The number of hydrogen-bond donors (Lipinski definition) is 0. The Bertz CT molecular complexity index is 108. The van der Waals surface area contributed by atoms with Gasteiger partial charge < -0.3 is 0 Å². The first-order chi connectivity index (χ1) is 6.41. The Morgan fingerprint density at radius 1 is 0.846 bits per heavy atom. The fraction of sp³-hybridized carbons (Fsp3) is 0.833. The SMILES string of the molecule is CCCCCCCCC=CCCCl.